The lowest BCUT2D eigenvalue weighted by atomic mass is 10.0. The van der Waals surface area contributed by atoms with E-state index in [1.165, 1.54) is 24.3 Å². The zero-order chi connectivity index (χ0) is 24.0. The summed E-state index contributed by atoms with van der Waals surface area (Å²) in [4.78, 5) is 25.1. The molecule has 3 N–H and O–H groups in total. The lowest BCUT2D eigenvalue weighted by molar-refractivity contribution is -0.274. The largest absolute Gasteiger partial charge is 0.573 e. The first-order valence-corrected chi connectivity index (χ1v) is 10.5. The van der Waals surface area contributed by atoms with Crippen LogP contribution in [0.1, 0.15) is 36.9 Å². The van der Waals surface area contributed by atoms with E-state index in [4.69, 9.17) is 4.74 Å². The molecule has 3 atom stereocenters. The number of hydrogen-bond acceptors (Lipinski definition) is 5. The number of nitrogens with one attached hydrogen (secondary N) is 3. The van der Waals surface area contributed by atoms with Crippen LogP contribution in [0.5, 0.6) is 11.5 Å². The van der Waals surface area contributed by atoms with Crippen molar-refractivity contribution in [3.05, 3.63) is 59.7 Å². The molecule has 0 aliphatic carbocycles. The summed E-state index contributed by atoms with van der Waals surface area (Å²) in [5.41, 5.74) is 1.60. The Hall–Kier alpha value is -3.27. The van der Waals surface area contributed by atoms with E-state index in [1.54, 1.807) is 7.11 Å². The Bertz CT molecular complexity index is 949. The smallest absolute Gasteiger partial charge is 0.497 e. The summed E-state index contributed by atoms with van der Waals surface area (Å²) in [6.07, 6.45) is -4.21. The van der Waals surface area contributed by atoms with Crippen molar-refractivity contribution in [1.29, 1.82) is 0 Å². The molecule has 2 unspecified atom stereocenters. The van der Waals surface area contributed by atoms with Crippen LogP contribution >= 0.6 is 0 Å². The molecule has 1 aliphatic heterocycles. The molecule has 2 aromatic rings. The van der Waals surface area contributed by atoms with Crippen LogP contribution in [-0.4, -0.2) is 37.5 Å². The summed E-state index contributed by atoms with van der Waals surface area (Å²) < 4.78 is 46.1. The molecule has 3 rings (SSSR count). The fraction of sp³-hybridized carbons (Fsp3) is 0.391. The van der Waals surface area contributed by atoms with Gasteiger partial charge in [-0.3, -0.25) is 14.9 Å². The topological polar surface area (TPSA) is 88.7 Å². The Kier molecular flexibility index (Phi) is 7.80. The summed E-state index contributed by atoms with van der Waals surface area (Å²) >= 11 is 0. The van der Waals surface area contributed by atoms with E-state index in [0.717, 1.165) is 11.3 Å². The molecule has 1 heterocycles. The van der Waals surface area contributed by atoms with Gasteiger partial charge in [0.25, 0.3) is 0 Å². The second kappa shape index (κ2) is 10.6. The molecular weight excluding hydrogens is 439 g/mol. The molecule has 7 nitrogen and oxygen atoms in total. The van der Waals surface area contributed by atoms with Gasteiger partial charge in [0.15, 0.2) is 0 Å². The van der Waals surface area contributed by atoms with Gasteiger partial charge in [-0.05, 0) is 41.8 Å². The van der Waals surface area contributed by atoms with Crippen LogP contribution in [0.3, 0.4) is 0 Å². The second-order valence-electron chi connectivity index (χ2n) is 7.68. The summed E-state index contributed by atoms with van der Waals surface area (Å²) in [6.45, 7) is 1.85. The molecule has 178 valence electrons. The van der Waals surface area contributed by atoms with Crippen molar-refractivity contribution in [1.82, 2.24) is 16.0 Å². The second-order valence-corrected chi connectivity index (χ2v) is 7.68. The molecule has 1 saturated heterocycles. The predicted octanol–water partition coefficient (Wildman–Crippen LogP) is 3.21. The van der Waals surface area contributed by atoms with E-state index < -0.39 is 24.6 Å². The van der Waals surface area contributed by atoms with Gasteiger partial charge in [0.05, 0.1) is 31.8 Å². The molecule has 2 aromatic carbocycles. The van der Waals surface area contributed by atoms with Gasteiger partial charge >= 0.3 is 6.36 Å². The van der Waals surface area contributed by atoms with Crippen molar-refractivity contribution in [2.45, 2.75) is 50.8 Å². The fourth-order valence-electron chi connectivity index (χ4n) is 3.65. The number of carbonyl (C=O) groups is 2. The Morgan fingerprint density at radius 1 is 1.12 bits per heavy atom. The molecule has 33 heavy (non-hydrogen) atoms. The van der Waals surface area contributed by atoms with Crippen molar-refractivity contribution in [2.75, 3.05) is 7.11 Å². The van der Waals surface area contributed by atoms with E-state index >= 15 is 0 Å². The van der Waals surface area contributed by atoms with Crippen LogP contribution in [-0.2, 0) is 16.0 Å². The molecular formula is C23H26F3N3O4. The number of amides is 2. The van der Waals surface area contributed by atoms with Crippen molar-refractivity contribution < 1.29 is 32.2 Å². The van der Waals surface area contributed by atoms with Crippen molar-refractivity contribution in [2.24, 2.45) is 0 Å². The van der Waals surface area contributed by atoms with Gasteiger partial charge in [-0.15, -0.1) is 13.2 Å². The highest BCUT2D eigenvalue weighted by atomic mass is 19.4. The van der Waals surface area contributed by atoms with Gasteiger partial charge in [-0.1, -0.05) is 31.2 Å². The summed E-state index contributed by atoms with van der Waals surface area (Å²) in [7, 11) is 1.58. The van der Waals surface area contributed by atoms with Gasteiger partial charge in [-0.25, -0.2) is 0 Å². The van der Waals surface area contributed by atoms with Crippen LogP contribution in [0.2, 0.25) is 0 Å². The minimum Gasteiger partial charge on any atom is -0.497 e. The minimum atomic E-state index is -4.77. The van der Waals surface area contributed by atoms with Gasteiger partial charge < -0.3 is 20.1 Å². The average molecular weight is 465 g/mol. The third-order valence-electron chi connectivity index (χ3n) is 5.28. The molecule has 1 fully saturated rings. The van der Waals surface area contributed by atoms with Crippen LogP contribution in [0.25, 0.3) is 0 Å². The number of rotatable bonds is 8. The zero-order valence-electron chi connectivity index (χ0n) is 18.2. The minimum absolute atomic E-state index is 0.0141. The van der Waals surface area contributed by atoms with Gasteiger partial charge in [0.1, 0.15) is 11.5 Å². The summed E-state index contributed by atoms with van der Waals surface area (Å²) in [5, 5.41) is 8.87. The van der Waals surface area contributed by atoms with E-state index in [1.807, 2.05) is 31.2 Å². The van der Waals surface area contributed by atoms with Crippen molar-refractivity contribution >= 4 is 11.8 Å². The Morgan fingerprint density at radius 2 is 1.76 bits per heavy atom. The maximum absolute atomic E-state index is 12.9. The van der Waals surface area contributed by atoms with Crippen LogP contribution in [0.15, 0.2) is 48.5 Å². The number of benzene rings is 2. The Morgan fingerprint density at radius 3 is 2.33 bits per heavy atom. The highest BCUT2D eigenvalue weighted by Gasteiger charge is 2.32. The first-order valence-electron chi connectivity index (χ1n) is 10.5. The van der Waals surface area contributed by atoms with Crippen LogP contribution in [0.4, 0.5) is 13.2 Å². The van der Waals surface area contributed by atoms with E-state index in [2.05, 4.69) is 20.7 Å². The lowest BCUT2D eigenvalue weighted by Gasteiger charge is -2.32. The summed E-state index contributed by atoms with van der Waals surface area (Å²) in [6, 6.07) is 11.6. The van der Waals surface area contributed by atoms with E-state index in [-0.39, 0.29) is 24.0 Å². The van der Waals surface area contributed by atoms with Gasteiger partial charge in [0, 0.05) is 6.42 Å². The molecule has 0 spiro atoms. The number of halogens is 3. The number of hydrogen-bond donors (Lipinski definition) is 3. The quantitative estimate of drug-likeness (QED) is 0.557. The highest BCUT2D eigenvalue weighted by Crippen LogP contribution is 2.25. The fourth-order valence-corrected chi connectivity index (χ4v) is 3.65. The van der Waals surface area contributed by atoms with Crippen molar-refractivity contribution in [3.8, 4) is 11.5 Å². The van der Waals surface area contributed by atoms with Gasteiger partial charge in [-0.2, -0.15) is 0 Å². The Balaban J connectivity index is 1.61. The van der Waals surface area contributed by atoms with Gasteiger partial charge in [0.2, 0.25) is 11.8 Å². The third-order valence-corrected chi connectivity index (χ3v) is 5.28. The molecule has 2 amide bonds. The highest BCUT2D eigenvalue weighted by molar-refractivity contribution is 5.89. The first-order chi connectivity index (χ1) is 15.7. The molecule has 0 bridgehead atoms. The molecule has 0 saturated carbocycles. The van der Waals surface area contributed by atoms with E-state index in [0.29, 0.717) is 18.4 Å². The molecule has 1 aliphatic rings. The third kappa shape index (κ3) is 7.11. The van der Waals surface area contributed by atoms with Crippen LogP contribution in [0, 0.1) is 0 Å². The zero-order valence-corrected chi connectivity index (χ0v) is 18.2. The number of ether oxygens (including phenoxy) is 2. The number of carbonyl (C=O) groups excluding carboxylic acids is 2. The van der Waals surface area contributed by atoms with E-state index in [9.17, 15) is 22.8 Å². The maximum Gasteiger partial charge on any atom is 0.573 e. The summed E-state index contributed by atoms with van der Waals surface area (Å²) in [5.74, 6) is -0.208. The normalized spacial score (nSPS) is 19.4. The van der Waals surface area contributed by atoms with Crippen LogP contribution < -0.4 is 25.4 Å². The lowest BCUT2D eigenvalue weighted by Crippen LogP contribution is -2.61. The maximum atomic E-state index is 12.9. The molecule has 0 aromatic heterocycles. The molecule has 10 heteroatoms. The number of alkyl halides is 3. The van der Waals surface area contributed by atoms with Crippen molar-refractivity contribution in [3.63, 3.8) is 0 Å². The Labute approximate surface area is 189 Å². The average Bonchev–Trinajstić information content (AvgIpc) is 2.77. The molecule has 0 radical (unpaired) electrons. The monoisotopic (exact) mass is 465 g/mol. The number of methoxy groups -OCH3 is 1. The first kappa shape index (κ1) is 24.4. The standard InChI is InChI=1S/C23H26F3N3O4/c1-3-18(15-6-10-17(11-7-15)33-23(24,25)26)28-22(31)19-13-21(30)29-20(27-19)12-14-4-8-16(32-2)9-5-14/h4-11,18-20,27H,3,12-13H2,1-2H3,(H,28,31)(H,29,30)/t18-,19?,20?/m1/s1. The SMILES string of the molecule is CC[C@@H](NC(=O)C1CC(=O)NC(Cc2ccc(OC)cc2)N1)c1ccc(OC(F)(F)F)cc1. The predicted molar refractivity (Wildman–Crippen MR) is 114 cm³/mol.